The highest BCUT2D eigenvalue weighted by molar-refractivity contribution is 7.10. The first-order valence-electron chi connectivity index (χ1n) is 11.2. The minimum Gasteiger partial charge on any atom is -0.345 e. The van der Waals surface area contributed by atoms with Gasteiger partial charge in [0, 0.05) is 29.1 Å². The van der Waals surface area contributed by atoms with Crippen molar-refractivity contribution in [3.63, 3.8) is 0 Å². The van der Waals surface area contributed by atoms with Crippen LogP contribution in [0.4, 0.5) is 10.5 Å². The molecule has 2 aromatic heterocycles. The first-order valence-corrected chi connectivity index (χ1v) is 12.1. The van der Waals surface area contributed by atoms with E-state index in [4.69, 9.17) is 4.98 Å². The molecule has 4 aromatic rings. The maximum absolute atomic E-state index is 12.6. The molecule has 164 valence electrons. The summed E-state index contributed by atoms with van der Waals surface area (Å²) in [4.78, 5) is 26.6. The molecular weight excluding hydrogens is 418 g/mol. The molecule has 0 bridgehead atoms. The van der Waals surface area contributed by atoms with Crippen molar-refractivity contribution in [1.29, 1.82) is 0 Å². The highest BCUT2D eigenvalue weighted by atomic mass is 32.1. The van der Waals surface area contributed by atoms with E-state index in [1.54, 1.807) is 17.7 Å². The van der Waals surface area contributed by atoms with Crippen molar-refractivity contribution in [2.45, 2.75) is 45.1 Å². The maximum Gasteiger partial charge on any atom is 0.322 e. The average Bonchev–Trinajstić information content (AvgIpc) is 3.20. The number of rotatable bonds is 4. The number of benzene rings is 2. The molecule has 6 rings (SSSR count). The molecular formula is C25H27N5OS. The van der Waals surface area contributed by atoms with Gasteiger partial charge in [0.2, 0.25) is 0 Å². The number of amides is 2. The highest BCUT2D eigenvalue weighted by Gasteiger charge is 2.33. The number of hydrogen-bond acceptors (Lipinski definition) is 4. The number of carbonyl (C=O) groups excluding carboxylic acids is 1. The van der Waals surface area contributed by atoms with Crippen molar-refractivity contribution in [2.75, 3.05) is 11.4 Å². The van der Waals surface area contributed by atoms with Gasteiger partial charge in [-0.15, -0.1) is 11.3 Å². The van der Waals surface area contributed by atoms with Crippen LogP contribution < -0.4 is 10.2 Å². The molecule has 0 spiro atoms. The Bertz CT molecular complexity index is 1220. The summed E-state index contributed by atoms with van der Waals surface area (Å²) in [6.45, 7) is 4.84. The van der Waals surface area contributed by atoms with E-state index in [-0.39, 0.29) is 12.1 Å². The van der Waals surface area contributed by atoms with Crippen LogP contribution in [0, 0.1) is 0 Å². The Morgan fingerprint density at radius 1 is 1.12 bits per heavy atom. The van der Waals surface area contributed by atoms with Gasteiger partial charge >= 0.3 is 6.03 Å². The predicted octanol–water partition coefficient (Wildman–Crippen LogP) is 6.25. The monoisotopic (exact) mass is 445 g/mol. The second kappa shape index (κ2) is 8.74. The molecule has 7 heteroatoms. The summed E-state index contributed by atoms with van der Waals surface area (Å²) in [5, 5.41) is 6.39. The fraction of sp³-hybridized carbons (Fsp3) is 0.320. The molecule has 32 heavy (non-hydrogen) atoms. The molecule has 1 saturated heterocycles. The van der Waals surface area contributed by atoms with Gasteiger partial charge in [-0.25, -0.2) is 14.8 Å². The first-order chi connectivity index (χ1) is 15.7. The lowest BCUT2D eigenvalue weighted by molar-refractivity contribution is 0.251. The summed E-state index contributed by atoms with van der Waals surface area (Å²) >= 11 is 1.76. The van der Waals surface area contributed by atoms with Gasteiger partial charge < -0.3 is 10.3 Å². The van der Waals surface area contributed by atoms with Crippen molar-refractivity contribution < 1.29 is 4.79 Å². The van der Waals surface area contributed by atoms with Gasteiger partial charge in [0.15, 0.2) is 0 Å². The number of imidazole rings is 1. The summed E-state index contributed by atoms with van der Waals surface area (Å²) < 4.78 is 0. The minimum atomic E-state index is -0.0773. The van der Waals surface area contributed by atoms with Gasteiger partial charge in [0.05, 0.1) is 34.1 Å². The SMILES string of the molecule is CCC.O=C1NCC(c2ccc(-c3csc(C4CC4)n3)cc2)N1c1ccc2nc[nH]c2c1. The predicted molar refractivity (Wildman–Crippen MR) is 130 cm³/mol. The van der Waals surface area contributed by atoms with E-state index in [0.29, 0.717) is 12.5 Å². The van der Waals surface area contributed by atoms with Crippen LogP contribution in [0.5, 0.6) is 0 Å². The van der Waals surface area contributed by atoms with Crippen LogP contribution in [0.1, 0.15) is 55.6 Å². The molecule has 2 aromatic carbocycles. The van der Waals surface area contributed by atoms with Gasteiger partial charge in [-0.1, -0.05) is 44.5 Å². The Labute approximate surface area is 191 Å². The van der Waals surface area contributed by atoms with E-state index in [1.807, 2.05) is 23.1 Å². The molecule has 2 fully saturated rings. The number of aromatic amines is 1. The molecule has 1 unspecified atom stereocenters. The van der Waals surface area contributed by atoms with Gasteiger partial charge in [0.1, 0.15) is 0 Å². The average molecular weight is 446 g/mol. The molecule has 2 amide bonds. The van der Waals surface area contributed by atoms with E-state index >= 15 is 0 Å². The number of thiazole rings is 1. The summed E-state index contributed by atoms with van der Waals surface area (Å²) in [5.41, 5.74) is 5.95. The lowest BCUT2D eigenvalue weighted by Crippen LogP contribution is -2.29. The summed E-state index contributed by atoms with van der Waals surface area (Å²) in [6.07, 6.45) is 5.46. The van der Waals surface area contributed by atoms with Crippen LogP contribution >= 0.6 is 11.3 Å². The fourth-order valence-corrected chi connectivity index (χ4v) is 4.95. The number of carbonyl (C=O) groups is 1. The van der Waals surface area contributed by atoms with Gasteiger partial charge in [-0.05, 0) is 36.6 Å². The van der Waals surface area contributed by atoms with Crippen molar-refractivity contribution in [3.05, 3.63) is 64.7 Å². The topological polar surface area (TPSA) is 73.9 Å². The van der Waals surface area contributed by atoms with Crippen LogP contribution in [0.25, 0.3) is 22.3 Å². The van der Waals surface area contributed by atoms with Gasteiger partial charge in [0.25, 0.3) is 0 Å². The Hall–Kier alpha value is -3.19. The van der Waals surface area contributed by atoms with E-state index in [9.17, 15) is 4.79 Å². The number of aromatic nitrogens is 3. The van der Waals surface area contributed by atoms with Crippen LogP contribution in [0.3, 0.4) is 0 Å². The smallest absolute Gasteiger partial charge is 0.322 e. The zero-order valence-corrected chi connectivity index (χ0v) is 19.2. The number of anilines is 1. The van der Waals surface area contributed by atoms with Gasteiger partial charge in [-0.2, -0.15) is 0 Å². The minimum absolute atomic E-state index is 0.0469. The zero-order chi connectivity index (χ0) is 22.1. The molecule has 2 N–H and O–H groups in total. The van der Waals surface area contributed by atoms with Crippen LogP contribution in [0.2, 0.25) is 0 Å². The second-order valence-electron chi connectivity index (χ2n) is 8.35. The van der Waals surface area contributed by atoms with Crippen molar-refractivity contribution in [1.82, 2.24) is 20.3 Å². The number of fused-ring (bicyclic) bond motifs is 1. The zero-order valence-electron chi connectivity index (χ0n) is 18.3. The summed E-state index contributed by atoms with van der Waals surface area (Å²) in [7, 11) is 0. The molecule has 3 heterocycles. The van der Waals surface area contributed by atoms with Crippen LogP contribution in [-0.4, -0.2) is 27.5 Å². The van der Waals surface area contributed by atoms with E-state index in [0.717, 1.165) is 33.5 Å². The molecule has 6 nitrogen and oxygen atoms in total. The van der Waals surface area contributed by atoms with Crippen molar-refractivity contribution >= 4 is 34.1 Å². The number of nitrogens with one attached hydrogen (secondary N) is 2. The highest BCUT2D eigenvalue weighted by Crippen LogP contribution is 2.42. The number of nitrogens with zero attached hydrogens (tertiary/aromatic N) is 3. The molecule has 1 aliphatic heterocycles. The largest absolute Gasteiger partial charge is 0.345 e. The lowest BCUT2D eigenvalue weighted by Gasteiger charge is -2.23. The van der Waals surface area contributed by atoms with Crippen LogP contribution in [-0.2, 0) is 0 Å². The Balaban J connectivity index is 0.000000684. The Kier molecular flexibility index (Phi) is 5.66. The number of hydrogen-bond donors (Lipinski definition) is 2. The fourth-order valence-electron chi connectivity index (χ4n) is 3.95. The van der Waals surface area contributed by atoms with E-state index in [2.05, 4.69) is 58.8 Å². The number of H-pyrrole nitrogens is 1. The molecule has 1 saturated carbocycles. The lowest BCUT2D eigenvalue weighted by atomic mass is 10.0. The third kappa shape index (κ3) is 4.00. The van der Waals surface area contributed by atoms with E-state index in [1.165, 1.54) is 24.3 Å². The standard InChI is InChI=1S/C22H19N5OS.C3H8/c28-22-23-10-20(27(22)16-7-8-17-18(9-16)25-12-24-17)14-3-1-13(2-4-14)19-11-29-21(26-19)15-5-6-15;1-3-2/h1-4,7-9,11-12,15,20H,5-6,10H2,(H,23,28)(H,24,25);3H2,1-2H3. The molecule has 1 atom stereocenters. The maximum atomic E-state index is 12.6. The van der Waals surface area contributed by atoms with Crippen molar-refractivity contribution in [2.24, 2.45) is 0 Å². The summed E-state index contributed by atoms with van der Waals surface area (Å²) in [6, 6.07) is 14.2. The third-order valence-corrected chi connectivity index (χ3v) is 6.71. The Morgan fingerprint density at radius 2 is 1.91 bits per heavy atom. The normalized spacial score (nSPS) is 17.9. The second-order valence-corrected chi connectivity index (χ2v) is 9.24. The summed E-state index contributed by atoms with van der Waals surface area (Å²) in [5.74, 6) is 0.685. The van der Waals surface area contributed by atoms with Crippen LogP contribution in [0.15, 0.2) is 54.2 Å². The molecule has 2 aliphatic rings. The number of urea groups is 1. The third-order valence-electron chi connectivity index (χ3n) is 5.70. The van der Waals surface area contributed by atoms with Gasteiger partial charge in [-0.3, -0.25) is 4.90 Å². The van der Waals surface area contributed by atoms with Crippen molar-refractivity contribution in [3.8, 4) is 11.3 Å². The first kappa shape index (κ1) is 20.7. The molecule has 0 radical (unpaired) electrons. The Morgan fingerprint density at radius 3 is 2.66 bits per heavy atom. The van der Waals surface area contributed by atoms with E-state index < -0.39 is 0 Å². The quantitative estimate of drug-likeness (QED) is 0.390. The molecule has 1 aliphatic carbocycles.